The van der Waals surface area contributed by atoms with Gasteiger partial charge in [-0.2, -0.15) is 15.0 Å². The number of aliphatic hydroxyl groups excluding tert-OH is 2. The average molecular weight is 677 g/mol. The lowest BCUT2D eigenvalue weighted by Gasteiger charge is -2.57. The predicted molar refractivity (Wildman–Crippen MR) is 183 cm³/mol. The fourth-order valence-electron chi connectivity index (χ4n) is 9.22. The van der Waals surface area contributed by atoms with Crippen molar-refractivity contribution in [3.8, 4) is 0 Å². The van der Waals surface area contributed by atoms with Crippen molar-refractivity contribution in [1.29, 1.82) is 0 Å². The lowest BCUT2D eigenvalue weighted by atomic mass is 9.75. The van der Waals surface area contributed by atoms with E-state index in [1.807, 2.05) is 83.1 Å². The number of nitrogens with zero attached hydrogens (tertiary/aromatic N) is 8. The molecule has 3 aliphatic rings. The Morgan fingerprint density at radius 3 is 1.27 bits per heavy atom. The van der Waals surface area contributed by atoms with Crippen molar-refractivity contribution >= 4 is 17.8 Å². The molecule has 48 heavy (non-hydrogen) atoms. The van der Waals surface area contributed by atoms with Crippen LogP contribution in [0.5, 0.6) is 0 Å². The molecule has 0 atom stereocenters. The second kappa shape index (κ2) is 13.3. The molecule has 1 aromatic heterocycles. The normalized spacial score (nSPS) is 26.4. The highest BCUT2D eigenvalue weighted by molar-refractivity contribution is 5.48. The molecule has 0 bridgehead atoms. The van der Waals surface area contributed by atoms with Gasteiger partial charge in [-0.05, 0) is 122 Å². The van der Waals surface area contributed by atoms with E-state index in [1.54, 1.807) is 4.90 Å². The Balaban J connectivity index is 1.89. The molecule has 3 fully saturated rings. The minimum atomic E-state index is -0.671. The Morgan fingerprint density at radius 2 is 0.917 bits per heavy atom. The van der Waals surface area contributed by atoms with Crippen LogP contribution in [-0.4, -0.2) is 118 Å². The van der Waals surface area contributed by atoms with Gasteiger partial charge in [0.05, 0.1) is 13.2 Å². The van der Waals surface area contributed by atoms with Crippen LogP contribution in [-0.2, 0) is 15.6 Å². The monoisotopic (exact) mass is 676 g/mol. The Hall–Kier alpha value is -1.91. The van der Waals surface area contributed by atoms with Gasteiger partial charge in [-0.15, -0.1) is 30.8 Å². The van der Waals surface area contributed by atoms with Crippen molar-refractivity contribution in [1.82, 2.24) is 30.1 Å². The summed E-state index contributed by atoms with van der Waals surface area (Å²) < 4.78 is 0. The van der Waals surface area contributed by atoms with Crippen molar-refractivity contribution < 1.29 is 25.8 Å². The van der Waals surface area contributed by atoms with Gasteiger partial charge < -0.3 is 25.3 Å². The smallest absolute Gasteiger partial charge is 0.232 e. The minimum Gasteiger partial charge on any atom is -0.395 e. The predicted octanol–water partition coefficient (Wildman–Crippen LogP) is 3.98. The van der Waals surface area contributed by atoms with Gasteiger partial charge >= 0.3 is 0 Å². The summed E-state index contributed by atoms with van der Waals surface area (Å²) in [5, 5.41) is 67.2. The van der Waals surface area contributed by atoms with Gasteiger partial charge in [-0.25, -0.2) is 0 Å². The largest absolute Gasteiger partial charge is 0.395 e. The Morgan fingerprint density at radius 1 is 0.583 bits per heavy atom. The zero-order valence-electron chi connectivity index (χ0n) is 31.5. The van der Waals surface area contributed by atoms with Crippen LogP contribution in [0, 0.1) is 0 Å². The second-order valence-electron chi connectivity index (χ2n) is 18.2. The summed E-state index contributed by atoms with van der Waals surface area (Å²) in [7, 11) is 0. The molecule has 4 heterocycles. The molecule has 0 unspecified atom stereocenters. The van der Waals surface area contributed by atoms with E-state index in [4.69, 9.17) is 15.0 Å². The summed E-state index contributed by atoms with van der Waals surface area (Å²) in [4.78, 5) is 18.9. The number of hydrogen-bond acceptors (Lipinski definition) is 11. The van der Waals surface area contributed by atoms with Gasteiger partial charge in [0.25, 0.3) is 0 Å². The molecule has 4 rings (SSSR count). The molecule has 273 valence electrons. The van der Waals surface area contributed by atoms with Crippen molar-refractivity contribution in [2.75, 3.05) is 41.4 Å². The molecule has 3 radical (unpaired) electrons. The Kier molecular flexibility index (Phi) is 10.8. The summed E-state index contributed by atoms with van der Waals surface area (Å²) in [6.45, 7) is 23.7. The molecule has 0 saturated carbocycles. The Bertz CT molecular complexity index is 1170. The summed E-state index contributed by atoms with van der Waals surface area (Å²) in [6, 6.07) is -0.378. The van der Waals surface area contributed by atoms with Crippen LogP contribution < -0.4 is 15.1 Å². The van der Waals surface area contributed by atoms with Gasteiger partial charge in [0, 0.05) is 64.4 Å². The van der Waals surface area contributed by atoms with E-state index < -0.39 is 33.2 Å². The lowest BCUT2D eigenvalue weighted by Crippen LogP contribution is -2.67. The molecular weight excluding hydrogens is 614 g/mol. The van der Waals surface area contributed by atoms with Crippen molar-refractivity contribution in [3.05, 3.63) is 0 Å². The average Bonchev–Trinajstić information content (AvgIpc) is 2.92. The molecule has 3 N–H and O–H groups in total. The highest BCUT2D eigenvalue weighted by atomic mass is 16.5. The highest BCUT2D eigenvalue weighted by Gasteiger charge is 2.53. The number of nitrogens with one attached hydrogen (secondary N) is 1. The van der Waals surface area contributed by atoms with Crippen LogP contribution >= 0.6 is 0 Å². The van der Waals surface area contributed by atoms with E-state index in [-0.39, 0.29) is 44.4 Å². The second-order valence-corrected chi connectivity index (χ2v) is 18.2. The lowest BCUT2D eigenvalue weighted by molar-refractivity contribution is -0.294. The van der Waals surface area contributed by atoms with E-state index >= 15 is 0 Å². The molecule has 0 spiro atoms. The highest BCUT2D eigenvalue weighted by Crippen LogP contribution is 2.46. The third-order valence-corrected chi connectivity index (χ3v) is 10.7. The molecule has 1 aromatic rings. The summed E-state index contributed by atoms with van der Waals surface area (Å²) in [5.74, 6) is 1.08. The van der Waals surface area contributed by atoms with Crippen LogP contribution in [0.15, 0.2) is 0 Å². The quantitative estimate of drug-likeness (QED) is 0.328. The first kappa shape index (κ1) is 38.9. The van der Waals surface area contributed by atoms with E-state index in [0.717, 1.165) is 0 Å². The fourth-order valence-corrected chi connectivity index (χ4v) is 9.22. The SMILES string of the molecule is CC1(C)CC(Nc2nc(N(CCO)CCO)nc(N(C3CC(C)(C)N([O])C(C)(C)C3)C3CC(C)(C)N([O])C(C)(C)C3)n2)CC(C)(C)N1[O]. The van der Waals surface area contributed by atoms with E-state index in [1.165, 1.54) is 15.2 Å². The van der Waals surface area contributed by atoms with E-state index in [9.17, 15) is 25.8 Å². The maximum Gasteiger partial charge on any atom is 0.232 e. The number of aromatic nitrogens is 3. The summed E-state index contributed by atoms with van der Waals surface area (Å²) in [5.41, 5.74) is -3.91. The molecular formula is C34H62N9O5. The first-order valence-electron chi connectivity index (χ1n) is 17.6. The molecule has 14 nitrogen and oxygen atoms in total. The third kappa shape index (κ3) is 7.85. The Labute approximate surface area is 288 Å². The number of rotatable bonds is 10. The van der Waals surface area contributed by atoms with Crippen molar-refractivity contribution in [2.24, 2.45) is 0 Å². The summed E-state index contributed by atoms with van der Waals surface area (Å²) in [6.07, 6.45) is 3.39. The number of hydroxylamine groups is 6. The van der Waals surface area contributed by atoms with Gasteiger partial charge in [0.2, 0.25) is 17.8 Å². The number of anilines is 3. The first-order valence-corrected chi connectivity index (χ1v) is 17.6. The van der Waals surface area contributed by atoms with Crippen molar-refractivity contribution in [3.63, 3.8) is 0 Å². The third-order valence-electron chi connectivity index (χ3n) is 10.7. The minimum absolute atomic E-state index is 0.107. The maximum atomic E-state index is 13.5. The van der Waals surface area contributed by atoms with Crippen LogP contribution in [0.2, 0.25) is 0 Å². The first-order chi connectivity index (χ1) is 21.9. The van der Waals surface area contributed by atoms with E-state index in [0.29, 0.717) is 56.4 Å². The van der Waals surface area contributed by atoms with Crippen LogP contribution in [0.25, 0.3) is 0 Å². The van der Waals surface area contributed by atoms with Gasteiger partial charge in [-0.1, -0.05) is 0 Å². The maximum absolute atomic E-state index is 13.5. The molecule has 0 aliphatic carbocycles. The van der Waals surface area contributed by atoms with Gasteiger partial charge in [0.15, 0.2) is 0 Å². The molecule has 3 aliphatic heterocycles. The number of hydrogen-bond donors (Lipinski definition) is 3. The standard InChI is InChI=1S/C34H62N9O5/c1-29(2)17-23(18-30(3,4)41(29)46)35-26-36-27(39(13-15-44)14-16-45)38-28(37-26)40(24-19-31(5,6)42(47)32(7,8)20-24)25-21-33(9,10)43(48)34(11,12)22-25/h23-25,44-45H,13-22H2,1-12H3,(H,35,36,37,38). The van der Waals surface area contributed by atoms with Gasteiger partial charge in [-0.3, -0.25) is 0 Å². The topological polar surface area (TPSA) is 167 Å². The number of piperidine rings is 3. The molecule has 0 amide bonds. The summed E-state index contributed by atoms with van der Waals surface area (Å²) >= 11 is 0. The van der Waals surface area contributed by atoms with E-state index in [2.05, 4.69) is 10.2 Å². The molecule has 14 heteroatoms. The van der Waals surface area contributed by atoms with Crippen LogP contribution in [0.1, 0.15) is 122 Å². The molecule has 0 aromatic carbocycles. The fraction of sp³-hybridized carbons (Fsp3) is 0.912. The van der Waals surface area contributed by atoms with Gasteiger partial charge in [0.1, 0.15) is 0 Å². The van der Waals surface area contributed by atoms with Crippen LogP contribution in [0.3, 0.4) is 0 Å². The number of aliphatic hydroxyl groups is 2. The van der Waals surface area contributed by atoms with Crippen molar-refractivity contribution in [2.45, 2.75) is 173 Å². The zero-order valence-corrected chi connectivity index (χ0v) is 31.5. The molecule has 3 saturated heterocycles. The van der Waals surface area contributed by atoms with Crippen LogP contribution in [0.4, 0.5) is 17.8 Å². The zero-order chi connectivity index (χ0) is 36.3.